The maximum Gasteiger partial charge on any atom is 0.0322 e. The predicted octanol–water partition coefficient (Wildman–Crippen LogP) is 5.42. The van der Waals surface area contributed by atoms with Crippen molar-refractivity contribution in [3.05, 3.63) is 29.8 Å². The van der Waals surface area contributed by atoms with Crippen LogP contribution in [0.5, 0.6) is 0 Å². The summed E-state index contributed by atoms with van der Waals surface area (Å²) < 4.78 is 0. The summed E-state index contributed by atoms with van der Waals surface area (Å²) in [6.07, 6.45) is 11.9. The number of hydrogen-bond acceptors (Lipinski definition) is 2. The van der Waals surface area contributed by atoms with Crippen molar-refractivity contribution < 1.29 is 0 Å². The first-order chi connectivity index (χ1) is 9.83. The van der Waals surface area contributed by atoms with Crippen molar-refractivity contribution in [1.29, 1.82) is 0 Å². The van der Waals surface area contributed by atoms with Crippen LogP contribution in [0.4, 0.5) is 0 Å². The average molecular weight is 292 g/mol. The van der Waals surface area contributed by atoms with Gasteiger partial charge in [0, 0.05) is 10.9 Å². The topological polar surface area (TPSA) is 12.0 Å². The Labute approximate surface area is 128 Å². The number of hydrogen-bond donors (Lipinski definition) is 1. The molecule has 0 aliphatic heterocycles. The second-order valence-electron chi connectivity index (χ2n) is 6.02. The first kappa shape index (κ1) is 15.9. The Hall–Kier alpha value is -0.470. The number of nitrogens with one attached hydrogen (secondary N) is 1. The molecule has 2 heteroatoms. The SMILES string of the molecule is CCCNC(CC1CCCCC1)c1ccc(SC)cc1. The molecular weight excluding hydrogens is 262 g/mol. The molecule has 1 unspecified atom stereocenters. The van der Waals surface area contributed by atoms with E-state index < -0.39 is 0 Å². The molecular formula is C18H29NS. The van der Waals surface area contributed by atoms with E-state index in [0.717, 1.165) is 12.5 Å². The molecule has 1 fully saturated rings. The van der Waals surface area contributed by atoms with Crippen molar-refractivity contribution in [1.82, 2.24) is 5.32 Å². The van der Waals surface area contributed by atoms with Gasteiger partial charge in [0.05, 0.1) is 0 Å². The summed E-state index contributed by atoms with van der Waals surface area (Å²) in [5.74, 6) is 0.929. The van der Waals surface area contributed by atoms with Crippen LogP contribution in [0.2, 0.25) is 0 Å². The molecule has 0 bridgehead atoms. The third kappa shape index (κ3) is 4.82. The van der Waals surface area contributed by atoms with Gasteiger partial charge in [-0.15, -0.1) is 11.8 Å². The minimum absolute atomic E-state index is 0.550. The Balaban J connectivity index is 2.00. The molecule has 0 heterocycles. The first-order valence-corrected chi connectivity index (χ1v) is 9.43. The van der Waals surface area contributed by atoms with Crippen molar-refractivity contribution in [2.45, 2.75) is 62.8 Å². The van der Waals surface area contributed by atoms with Crippen LogP contribution in [0.3, 0.4) is 0 Å². The van der Waals surface area contributed by atoms with Gasteiger partial charge in [-0.25, -0.2) is 0 Å². The summed E-state index contributed by atoms with van der Waals surface area (Å²) in [5, 5.41) is 3.76. The van der Waals surface area contributed by atoms with Gasteiger partial charge in [0.1, 0.15) is 0 Å². The van der Waals surface area contributed by atoms with Crippen LogP contribution >= 0.6 is 11.8 Å². The highest BCUT2D eigenvalue weighted by atomic mass is 32.2. The van der Waals surface area contributed by atoms with E-state index in [-0.39, 0.29) is 0 Å². The molecule has 1 aliphatic carbocycles. The zero-order chi connectivity index (χ0) is 14.2. The third-order valence-corrected chi connectivity index (χ3v) is 5.20. The molecule has 1 atom stereocenters. The molecule has 20 heavy (non-hydrogen) atoms. The molecule has 1 N–H and O–H groups in total. The molecule has 0 amide bonds. The second-order valence-corrected chi connectivity index (χ2v) is 6.90. The highest BCUT2D eigenvalue weighted by molar-refractivity contribution is 7.98. The third-order valence-electron chi connectivity index (χ3n) is 4.45. The highest BCUT2D eigenvalue weighted by Crippen LogP contribution is 2.32. The summed E-state index contributed by atoms with van der Waals surface area (Å²) >= 11 is 1.82. The van der Waals surface area contributed by atoms with Crippen molar-refractivity contribution in [2.24, 2.45) is 5.92 Å². The molecule has 2 rings (SSSR count). The zero-order valence-electron chi connectivity index (χ0n) is 13.0. The van der Waals surface area contributed by atoms with Crippen LogP contribution in [0.15, 0.2) is 29.2 Å². The largest absolute Gasteiger partial charge is 0.310 e. The molecule has 1 aromatic rings. The number of rotatable bonds is 7. The second kappa shape index (κ2) is 8.74. The van der Waals surface area contributed by atoms with Gasteiger partial charge in [-0.3, -0.25) is 0 Å². The minimum Gasteiger partial charge on any atom is -0.310 e. The fraction of sp³-hybridized carbons (Fsp3) is 0.667. The lowest BCUT2D eigenvalue weighted by atomic mass is 9.83. The Morgan fingerprint density at radius 3 is 2.45 bits per heavy atom. The van der Waals surface area contributed by atoms with Gasteiger partial charge in [0.15, 0.2) is 0 Å². The molecule has 0 aromatic heterocycles. The van der Waals surface area contributed by atoms with Gasteiger partial charge in [0.25, 0.3) is 0 Å². The van der Waals surface area contributed by atoms with Gasteiger partial charge < -0.3 is 5.32 Å². The van der Waals surface area contributed by atoms with E-state index in [4.69, 9.17) is 0 Å². The van der Waals surface area contributed by atoms with Crippen molar-refractivity contribution >= 4 is 11.8 Å². The Kier molecular flexibility index (Phi) is 6.95. The minimum atomic E-state index is 0.550. The summed E-state index contributed by atoms with van der Waals surface area (Å²) in [6, 6.07) is 9.72. The standard InChI is InChI=1S/C18H29NS/c1-3-13-19-18(14-15-7-5-4-6-8-15)16-9-11-17(20-2)12-10-16/h9-12,15,18-19H,3-8,13-14H2,1-2H3. The van der Waals surface area contributed by atoms with Crippen LogP contribution in [-0.4, -0.2) is 12.8 Å². The van der Waals surface area contributed by atoms with E-state index in [1.165, 1.54) is 55.4 Å². The molecule has 0 saturated heterocycles. The Morgan fingerprint density at radius 2 is 1.85 bits per heavy atom. The normalized spacial score (nSPS) is 18.1. The molecule has 0 spiro atoms. The molecule has 1 aromatic carbocycles. The van der Waals surface area contributed by atoms with E-state index in [1.54, 1.807) is 0 Å². The summed E-state index contributed by atoms with van der Waals surface area (Å²) in [7, 11) is 0. The maximum atomic E-state index is 3.76. The quantitative estimate of drug-likeness (QED) is 0.673. The monoisotopic (exact) mass is 291 g/mol. The predicted molar refractivity (Wildman–Crippen MR) is 90.4 cm³/mol. The summed E-state index contributed by atoms with van der Waals surface area (Å²) in [6.45, 7) is 3.38. The van der Waals surface area contributed by atoms with Crippen molar-refractivity contribution in [2.75, 3.05) is 12.8 Å². The fourth-order valence-electron chi connectivity index (χ4n) is 3.25. The van der Waals surface area contributed by atoms with Gasteiger partial charge in [-0.2, -0.15) is 0 Å². The molecule has 112 valence electrons. The molecule has 1 aliphatic rings. The fourth-order valence-corrected chi connectivity index (χ4v) is 3.66. The van der Waals surface area contributed by atoms with Crippen LogP contribution in [0, 0.1) is 5.92 Å². The lowest BCUT2D eigenvalue weighted by molar-refractivity contribution is 0.300. The number of thioether (sulfide) groups is 1. The molecule has 1 nitrogen and oxygen atoms in total. The van der Waals surface area contributed by atoms with Gasteiger partial charge in [-0.1, -0.05) is 51.2 Å². The van der Waals surface area contributed by atoms with Gasteiger partial charge in [-0.05, 0) is 49.3 Å². The van der Waals surface area contributed by atoms with E-state index >= 15 is 0 Å². The Morgan fingerprint density at radius 1 is 1.15 bits per heavy atom. The highest BCUT2D eigenvalue weighted by Gasteiger charge is 2.19. The Bertz CT molecular complexity index is 368. The van der Waals surface area contributed by atoms with Crippen LogP contribution < -0.4 is 5.32 Å². The van der Waals surface area contributed by atoms with E-state index in [9.17, 15) is 0 Å². The lowest BCUT2D eigenvalue weighted by Gasteiger charge is -2.27. The van der Waals surface area contributed by atoms with Crippen LogP contribution in [0.1, 0.15) is 63.5 Å². The van der Waals surface area contributed by atoms with E-state index in [1.807, 2.05) is 11.8 Å². The summed E-state index contributed by atoms with van der Waals surface area (Å²) in [5.41, 5.74) is 1.47. The van der Waals surface area contributed by atoms with E-state index in [2.05, 4.69) is 42.8 Å². The van der Waals surface area contributed by atoms with E-state index in [0.29, 0.717) is 6.04 Å². The van der Waals surface area contributed by atoms with Crippen LogP contribution in [0.25, 0.3) is 0 Å². The van der Waals surface area contributed by atoms with Crippen molar-refractivity contribution in [3.63, 3.8) is 0 Å². The summed E-state index contributed by atoms with van der Waals surface area (Å²) in [4.78, 5) is 1.36. The van der Waals surface area contributed by atoms with Crippen LogP contribution in [-0.2, 0) is 0 Å². The average Bonchev–Trinajstić information content (AvgIpc) is 2.52. The van der Waals surface area contributed by atoms with Gasteiger partial charge >= 0.3 is 0 Å². The first-order valence-electron chi connectivity index (χ1n) is 8.20. The lowest BCUT2D eigenvalue weighted by Crippen LogP contribution is -2.25. The van der Waals surface area contributed by atoms with Gasteiger partial charge in [0.2, 0.25) is 0 Å². The molecule has 0 radical (unpaired) electrons. The van der Waals surface area contributed by atoms with Crippen molar-refractivity contribution in [3.8, 4) is 0 Å². The maximum absolute atomic E-state index is 3.76. The molecule has 1 saturated carbocycles. The smallest absolute Gasteiger partial charge is 0.0322 e. The number of benzene rings is 1. The zero-order valence-corrected chi connectivity index (χ0v) is 13.8.